The maximum Gasteiger partial charge on any atom is 0.256 e. The zero-order chi connectivity index (χ0) is 16.7. The predicted molar refractivity (Wildman–Crippen MR) is 92.0 cm³/mol. The number of nitrogens with zero attached hydrogens (tertiary/aromatic N) is 3. The monoisotopic (exact) mass is 322 g/mol. The summed E-state index contributed by atoms with van der Waals surface area (Å²) < 4.78 is 5.69. The Kier molecular flexibility index (Phi) is 3.45. The van der Waals surface area contributed by atoms with Gasteiger partial charge in [0.05, 0.1) is 23.7 Å². The van der Waals surface area contributed by atoms with Gasteiger partial charge in [-0.1, -0.05) is 30.3 Å². The molecule has 1 aromatic carbocycles. The SMILES string of the molecule is Cc1oc2c(c1C(=O)N[C@H](C)c1ccccc1)C1=NCCN1C=N2. The van der Waals surface area contributed by atoms with Gasteiger partial charge < -0.3 is 14.6 Å². The molecule has 0 fully saturated rings. The summed E-state index contributed by atoms with van der Waals surface area (Å²) in [5.41, 5.74) is 2.28. The Balaban J connectivity index is 1.67. The highest BCUT2D eigenvalue weighted by Gasteiger charge is 2.33. The van der Waals surface area contributed by atoms with E-state index in [4.69, 9.17) is 4.42 Å². The van der Waals surface area contributed by atoms with Gasteiger partial charge in [-0.2, -0.15) is 0 Å². The minimum atomic E-state index is -0.166. The number of aryl methyl sites for hydroxylation is 1. The molecule has 0 unspecified atom stereocenters. The van der Waals surface area contributed by atoms with Crippen LogP contribution in [0.5, 0.6) is 0 Å². The fourth-order valence-electron chi connectivity index (χ4n) is 3.11. The van der Waals surface area contributed by atoms with Crippen LogP contribution in [0.2, 0.25) is 0 Å². The van der Waals surface area contributed by atoms with E-state index in [2.05, 4.69) is 15.3 Å². The van der Waals surface area contributed by atoms with Crippen molar-refractivity contribution in [1.82, 2.24) is 10.2 Å². The molecule has 2 aliphatic rings. The molecule has 0 spiro atoms. The van der Waals surface area contributed by atoms with Crippen molar-refractivity contribution in [3.8, 4) is 0 Å². The van der Waals surface area contributed by atoms with E-state index in [0.717, 1.165) is 17.9 Å². The number of carbonyl (C=O) groups is 1. The molecule has 4 rings (SSSR count). The first-order valence-corrected chi connectivity index (χ1v) is 8.00. The summed E-state index contributed by atoms with van der Waals surface area (Å²) in [5.74, 6) is 1.63. The number of hydrogen-bond acceptors (Lipinski definition) is 5. The molecule has 0 radical (unpaired) electrons. The van der Waals surface area contributed by atoms with Crippen LogP contribution in [0.15, 0.2) is 44.7 Å². The first-order chi connectivity index (χ1) is 11.6. The van der Waals surface area contributed by atoms with Gasteiger partial charge in [-0.3, -0.25) is 9.79 Å². The minimum Gasteiger partial charge on any atom is -0.442 e. The summed E-state index contributed by atoms with van der Waals surface area (Å²) in [4.78, 5) is 23.6. The van der Waals surface area contributed by atoms with E-state index in [1.54, 1.807) is 13.3 Å². The van der Waals surface area contributed by atoms with Crippen molar-refractivity contribution < 1.29 is 9.21 Å². The summed E-state index contributed by atoms with van der Waals surface area (Å²) in [6.45, 7) is 5.24. The standard InChI is InChI=1S/C18H18N4O2/c1-11(13-6-4-3-5-7-13)21-17(23)14-12(2)24-18-15(14)16-19-8-9-22(16)10-20-18/h3-7,10-11H,8-9H2,1-2H3,(H,21,23)/t11-/m1/s1. The number of carbonyl (C=O) groups excluding carboxylic acids is 1. The molecule has 0 saturated heterocycles. The molecule has 1 atom stereocenters. The van der Waals surface area contributed by atoms with E-state index < -0.39 is 0 Å². The van der Waals surface area contributed by atoms with Gasteiger partial charge in [0.1, 0.15) is 17.9 Å². The third-order valence-corrected chi connectivity index (χ3v) is 4.35. The van der Waals surface area contributed by atoms with Gasteiger partial charge in [0.15, 0.2) is 0 Å². The third kappa shape index (κ3) is 2.31. The zero-order valence-electron chi connectivity index (χ0n) is 13.6. The number of hydrogen-bond donors (Lipinski definition) is 1. The van der Waals surface area contributed by atoms with Crippen molar-refractivity contribution in [3.63, 3.8) is 0 Å². The molecule has 0 aliphatic carbocycles. The maximum atomic E-state index is 12.9. The molecule has 1 amide bonds. The van der Waals surface area contributed by atoms with Crippen LogP contribution in [-0.4, -0.2) is 36.1 Å². The van der Waals surface area contributed by atoms with E-state index in [9.17, 15) is 4.79 Å². The minimum absolute atomic E-state index is 0.0997. The maximum absolute atomic E-state index is 12.9. The third-order valence-electron chi connectivity index (χ3n) is 4.35. The molecule has 24 heavy (non-hydrogen) atoms. The van der Waals surface area contributed by atoms with Crippen molar-refractivity contribution in [2.75, 3.05) is 13.1 Å². The molecule has 2 aromatic rings. The van der Waals surface area contributed by atoms with E-state index in [1.807, 2.05) is 42.2 Å². The summed E-state index contributed by atoms with van der Waals surface area (Å²) in [6, 6.07) is 9.77. The summed E-state index contributed by atoms with van der Waals surface area (Å²) >= 11 is 0. The normalized spacial score (nSPS) is 16.4. The molecule has 2 aliphatic heterocycles. The highest BCUT2D eigenvalue weighted by molar-refractivity contribution is 6.17. The molecular formula is C18H18N4O2. The number of furan rings is 1. The lowest BCUT2D eigenvalue weighted by molar-refractivity contribution is 0.0938. The van der Waals surface area contributed by atoms with Crippen LogP contribution in [0, 0.1) is 6.92 Å². The Bertz CT molecular complexity index is 851. The van der Waals surface area contributed by atoms with Crippen LogP contribution in [0.3, 0.4) is 0 Å². The van der Waals surface area contributed by atoms with Crippen LogP contribution in [0.25, 0.3) is 0 Å². The summed E-state index contributed by atoms with van der Waals surface area (Å²) in [7, 11) is 0. The number of amidine groups is 1. The molecule has 122 valence electrons. The molecule has 0 saturated carbocycles. The predicted octanol–water partition coefficient (Wildman–Crippen LogP) is 2.81. The van der Waals surface area contributed by atoms with Gasteiger partial charge >= 0.3 is 0 Å². The Hall–Kier alpha value is -2.89. The van der Waals surface area contributed by atoms with Crippen LogP contribution < -0.4 is 5.32 Å². The van der Waals surface area contributed by atoms with Crippen LogP contribution in [-0.2, 0) is 0 Å². The number of rotatable bonds is 3. The van der Waals surface area contributed by atoms with Gasteiger partial charge in [-0.25, -0.2) is 4.99 Å². The fourth-order valence-corrected chi connectivity index (χ4v) is 3.11. The molecular weight excluding hydrogens is 304 g/mol. The van der Waals surface area contributed by atoms with Gasteiger partial charge in [-0.05, 0) is 19.4 Å². The smallest absolute Gasteiger partial charge is 0.256 e. The number of fused-ring (bicyclic) bond motifs is 3. The Morgan fingerprint density at radius 1 is 1.33 bits per heavy atom. The van der Waals surface area contributed by atoms with Crippen molar-refractivity contribution in [2.45, 2.75) is 19.9 Å². The van der Waals surface area contributed by atoms with Crippen molar-refractivity contribution >= 4 is 24.0 Å². The lowest BCUT2D eigenvalue weighted by Gasteiger charge is -2.19. The molecule has 1 N–H and O–H groups in total. The quantitative estimate of drug-likeness (QED) is 0.944. The van der Waals surface area contributed by atoms with Crippen molar-refractivity contribution in [1.29, 1.82) is 0 Å². The molecule has 6 nitrogen and oxygen atoms in total. The highest BCUT2D eigenvalue weighted by atomic mass is 16.4. The van der Waals surface area contributed by atoms with E-state index in [1.165, 1.54) is 0 Å². The van der Waals surface area contributed by atoms with Crippen molar-refractivity contribution in [2.24, 2.45) is 9.98 Å². The van der Waals surface area contributed by atoms with Gasteiger partial charge in [-0.15, -0.1) is 0 Å². The fraction of sp³-hybridized carbons (Fsp3) is 0.278. The second kappa shape index (κ2) is 5.63. The second-order valence-corrected chi connectivity index (χ2v) is 5.96. The highest BCUT2D eigenvalue weighted by Crippen LogP contribution is 2.34. The molecule has 6 heteroatoms. The molecule has 1 aromatic heterocycles. The number of nitrogens with one attached hydrogen (secondary N) is 1. The Morgan fingerprint density at radius 3 is 2.92 bits per heavy atom. The summed E-state index contributed by atoms with van der Waals surface area (Å²) in [5, 5.41) is 3.05. The number of aliphatic imine (C=N–C) groups is 2. The zero-order valence-corrected chi connectivity index (χ0v) is 13.6. The lowest BCUT2D eigenvalue weighted by Crippen LogP contribution is -2.33. The van der Waals surface area contributed by atoms with Crippen molar-refractivity contribution in [3.05, 3.63) is 52.8 Å². The van der Waals surface area contributed by atoms with Gasteiger partial charge in [0, 0.05) is 6.54 Å². The second-order valence-electron chi connectivity index (χ2n) is 5.96. The lowest BCUT2D eigenvalue weighted by atomic mass is 10.1. The van der Waals surface area contributed by atoms with Crippen LogP contribution in [0.4, 0.5) is 5.88 Å². The molecule has 3 heterocycles. The number of benzene rings is 1. The first-order valence-electron chi connectivity index (χ1n) is 8.00. The Labute approximate surface area is 139 Å². The largest absolute Gasteiger partial charge is 0.442 e. The first kappa shape index (κ1) is 14.7. The van der Waals surface area contributed by atoms with Gasteiger partial charge in [0.2, 0.25) is 5.88 Å². The summed E-state index contributed by atoms with van der Waals surface area (Å²) in [6.07, 6.45) is 1.71. The van der Waals surface area contributed by atoms with E-state index >= 15 is 0 Å². The molecule has 0 bridgehead atoms. The number of amides is 1. The van der Waals surface area contributed by atoms with E-state index in [-0.39, 0.29) is 11.9 Å². The van der Waals surface area contributed by atoms with Gasteiger partial charge in [0.25, 0.3) is 5.91 Å². The topological polar surface area (TPSA) is 70.2 Å². The van der Waals surface area contributed by atoms with Crippen LogP contribution >= 0.6 is 0 Å². The average Bonchev–Trinajstić information content (AvgIpc) is 3.18. The van der Waals surface area contributed by atoms with Crippen LogP contribution in [0.1, 0.15) is 40.2 Å². The average molecular weight is 322 g/mol. The Morgan fingerprint density at radius 2 is 2.12 bits per heavy atom. The van der Waals surface area contributed by atoms with E-state index in [0.29, 0.717) is 29.3 Å².